The van der Waals surface area contributed by atoms with E-state index in [4.69, 9.17) is 0 Å². The number of nitrogens with zero attached hydrogens (tertiary/aromatic N) is 1. The number of aryl methyl sites for hydroxylation is 2. The molecule has 5 heteroatoms. The van der Waals surface area contributed by atoms with Crippen LogP contribution in [0.4, 0.5) is 5.69 Å². The molecule has 0 bridgehead atoms. The van der Waals surface area contributed by atoms with Gasteiger partial charge in [-0.3, -0.25) is 19.3 Å². The van der Waals surface area contributed by atoms with Crippen LogP contribution >= 0.6 is 0 Å². The van der Waals surface area contributed by atoms with Gasteiger partial charge >= 0.3 is 0 Å². The molecule has 1 aliphatic heterocycles. The van der Waals surface area contributed by atoms with Gasteiger partial charge in [0.25, 0.3) is 11.8 Å². The van der Waals surface area contributed by atoms with Crippen molar-refractivity contribution < 1.29 is 14.4 Å². The lowest BCUT2D eigenvalue weighted by molar-refractivity contribution is -0.116. The molecule has 1 N–H and O–H groups in total. The van der Waals surface area contributed by atoms with Gasteiger partial charge in [-0.25, -0.2) is 0 Å². The normalized spacial score (nSPS) is 13.2. The van der Waals surface area contributed by atoms with Crippen molar-refractivity contribution in [1.82, 2.24) is 4.90 Å². The van der Waals surface area contributed by atoms with E-state index in [0.29, 0.717) is 16.8 Å². The highest BCUT2D eigenvalue weighted by Gasteiger charge is 2.36. The number of nitrogens with one attached hydrogen (secondary N) is 1. The summed E-state index contributed by atoms with van der Waals surface area (Å²) in [6, 6.07) is 12.1. The molecule has 0 aliphatic carbocycles. The van der Waals surface area contributed by atoms with Crippen LogP contribution in [0.2, 0.25) is 0 Å². The van der Waals surface area contributed by atoms with Gasteiger partial charge in [-0.1, -0.05) is 18.2 Å². The molecule has 2 aromatic rings. The maximum absolute atomic E-state index is 12.2. The van der Waals surface area contributed by atoms with E-state index in [2.05, 4.69) is 5.32 Å². The number of hydrogen-bond acceptors (Lipinski definition) is 3. The Hall–Kier alpha value is -2.95. The quantitative estimate of drug-likeness (QED) is 0.886. The molecule has 0 spiro atoms. The summed E-state index contributed by atoms with van der Waals surface area (Å²) in [5.74, 6) is -1.26. The average Bonchev–Trinajstić information content (AvgIpc) is 2.76. The summed E-state index contributed by atoms with van der Waals surface area (Å²) < 4.78 is 0. The first-order chi connectivity index (χ1) is 11.0. The number of hydrogen-bond donors (Lipinski definition) is 1. The van der Waals surface area contributed by atoms with Crippen LogP contribution in [-0.4, -0.2) is 29.2 Å². The van der Waals surface area contributed by atoms with Gasteiger partial charge in [0.15, 0.2) is 0 Å². The van der Waals surface area contributed by atoms with Crippen molar-refractivity contribution in [3.63, 3.8) is 0 Å². The molecular formula is C18H16N2O3. The largest absolute Gasteiger partial charge is 0.325 e. The van der Waals surface area contributed by atoms with E-state index in [-0.39, 0.29) is 6.54 Å². The Bertz CT molecular complexity index is 792. The number of fused-ring (bicyclic) bond motifs is 1. The number of imide groups is 1. The first kappa shape index (κ1) is 15.0. The van der Waals surface area contributed by atoms with Crippen LogP contribution in [-0.2, 0) is 4.79 Å². The Morgan fingerprint density at radius 1 is 0.957 bits per heavy atom. The molecule has 3 amide bonds. The molecule has 0 fully saturated rings. The van der Waals surface area contributed by atoms with E-state index in [0.717, 1.165) is 16.0 Å². The summed E-state index contributed by atoms with van der Waals surface area (Å²) in [4.78, 5) is 37.6. The Labute approximate surface area is 133 Å². The molecule has 116 valence electrons. The molecule has 2 aromatic carbocycles. The minimum Gasteiger partial charge on any atom is -0.325 e. The Kier molecular flexibility index (Phi) is 3.70. The van der Waals surface area contributed by atoms with E-state index in [1.165, 1.54) is 0 Å². The van der Waals surface area contributed by atoms with Crippen LogP contribution in [0.5, 0.6) is 0 Å². The monoisotopic (exact) mass is 308 g/mol. The summed E-state index contributed by atoms with van der Waals surface area (Å²) in [5, 5.41) is 2.72. The highest BCUT2D eigenvalue weighted by molar-refractivity contribution is 6.22. The molecular weight excluding hydrogens is 292 g/mol. The van der Waals surface area contributed by atoms with Crippen LogP contribution < -0.4 is 5.32 Å². The zero-order chi connectivity index (χ0) is 16.6. The Balaban J connectivity index is 1.73. The van der Waals surface area contributed by atoms with Gasteiger partial charge in [0.2, 0.25) is 5.91 Å². The predicted molar refractivity (Wildman–Crippen MR) is 86.4 cm³/mol. The second-order valence-electron chi connectivity index (χ2n) is 5.59. The first-order valence-corrected chi connectivity index (χ1v) is 7.29. The van der Waals surface area contributed by atoms with Gasteiger partial charge in [-0.05, 0) is 49.2 Å². The van der Waals surface area contributed by atoms with Crippen molar-refractivity contribution in [3.05, 3.63) is 64.7 Å². The second kappa shape index (κ2) is 5.68. The van der Waals surface area contributed by atoms with E-state index >= 15 is 0 Å². The molecule has 0 saturated heterocycles. The highest BCUT2D eigenvalue weighted by atomic mass is 16.2. The van der Waals surface area contributed by atoms with E-state index in [1.54, 1.807) is 30.3 Å². The van der Waals surface area contributed by atoms with Crippen LogP contribution in [0.3, 0.4) is 0 Å². The summed E-state index contributed by atoms with van der Waals surface area (Å²) >= 11 is 0. The van der Waals surface area contributed by atoms with Gasteiger partial charge < -0.3 is 5.32 Å². The number of amides is 3. The molecule has 0 saturated carbocycles. The lowest BCUT2D eigenvalue weighted by atomic mass is 10.1. The third kappa shape index (κ3) is 2.73. The number of carbonyl (C=O) groups is 3. The summed E-state index contributed by atoms with van der Waals surface area (Å²) in [6.07, 6.45) is 0. The number of rotatable bonds is 3. The minimum atomic E-state index is -0.430. The van der Waals surface area contributed by atoms with E-state index < -0.39 is 17.7 Å². The SMILES string of the molecule is Cc1ccc(NC(=O)CN2C(=O)c3ccccc3C2=O)cc1C. The molecule has 0 radical (unpaired) electrons. The molecule has 0 atom stereocenters. The number of carbonyl (C=O) groups excluding carboxylic acids is 3. The third-order valence-electron chi connectivity index (χ3n) is 3.97. The minimum absolute atomic E-state index is 0.292. The van der Waals surface area contributed by atoms with Crippen LogP contribution in [0.15, 0.2) is 42.5 Å². The zero-order valence-corrected chi connectivity index (χ0v) is 12.9. The zero-order valence-electron chi connectivity index (χ0n) is 12.9. The first-order valence-electron chi connectivity index (χ1n) is 7.29. The topological polar surface area (TPSA) is 66.5 Å². The summed E-state index contributed by atoms with van der Waals surface area (Å²) in [7, 11) is 0. The van der Waals surface area contributed by atoms with Crippen molar-refractivity contribution in [3.8, 4) is 0 Å². The van der Waals surface area contributed by atoms with Gasteiger partial charge in [0.1, 0.15) is 6.54 Å². The van der Waals surface area contributed by atoms with Crippen molar-refractivity contribution in [2.75, 3.05) is 11.9 Å². The summed E-state index contributed by atoms with van der Waals surface area (Å²) in [6.45, 7) is 3.65. The highest BCUT2D eigenvalue weighted by Crippen LogP contribution is 2.22. The van der Waals surface area contributed by atoms with Crippen LogP contribution in [0.25, 0.3) is 0 Å². The molecule has 3 rings (SSSR count). The smallest absolute Gasteiger partial charge is 0.262 e. The predicted octanol–water partition coefficient (Wildman–Crippen LogP) is 2.54. The molecule has 23 heavy (non-hydrogen) atoms. The van der Waals surface area contributed by atoms with Crippen molar-refractivity contribution >= 4 is 23.4 Å². The third-order valence-corrected chi connectivity index (χ3v) is 3.97. The molecule has 0 aromatic heterocycles. The molecule has 5 nitrogen and oxygen atoms in total. The van der Waals surface area contributed by atoms with Gasteiger partial charge in [0.05, 0.1) is 11.1 Å². The fourth-order valence-corrected chi connectivity index (χ4v) is 2.55. The second-order valence-corrected chi connectivity index (χ2v) is 5.59. The Morgan fingerprint density at radius 2 is 1.57 bits per heavy atom. The number of anilines is 1. The number of benzene rings is 2. The lowest BCUT2D eigenvalue weighted by Gasteiger charge is -2.14. The average molecular weight is 308 g/mol. The summed E-state index contributed by atoms with van der Waals surface area (Å²) in [5.41, 5.74) is 3.52. The van der Waals surface area contributed by atoms with Crippen molar-refractivity contribution in [2.24, 2.45) is 0 Å². The van der Waals surface area contributed by atoms with Gasteiger partial charge in [0, 0.05) is 5.69 Å². The Morgan fingerprint density at radius 3 is 2.13 bits per heavy atom. The van der Waals surface area contributed by atoms with Crippen molar-refractivity contribution in [2.45, 2.75) is 13.8 Å². The van der Waals surface area contributed by atoms with Gasteiger partial charge in [-0.15, -0.1) is 0 Å². The maximum Gasteiger partial charge on any atom is 0.262 e. The molecule has 0 unspecified atom stereocenters. The van der Waals surface area contributed by atoms with E-state index in [9.17, 15) is 14.4 Å². The molecule has 1 heterocycles. The maximum atomic E-state index is 12.2. The van der Waals surface area contributed by atoms with Gasteiger partial charge in [-0.2, -0.15) is 0 Å². The fourth-order valence-electron chi connectivity index (χ4n) is 2.55. The van der Waals surface area contributed by atoms with E-state index in [1.807, 2.05) is 26.0 Å². The van der Waals surface area contributed by atoms with Crippen molar-refractivity contribution in [1.29, 1.82) is 0 Å². The van der Waals surface area contributed by atoms with Crippen LogP contribution in [0, 0.1) is 13.8 Å². The molecule has 1 aliphatic rings. The van der Waals surface area contributed by atoms with Crippen LogP contribution in [0.1, 0.15) is 31.8 Å². The lowest BCUT2D eigenvalue weighted by Crippen LogP contribution is -2.37. The standard InChI is InChI=1S/C18H16N2O3/c1-11-7-8-13(9-12(11)2)19-16(21)10-20-17(22)14-5-3-4-6-15(14)18(20)23/h3-9H,10H2,1-2H3,(H,19,21). The fraction of sp³-hybridized carbons (Fsp3) is 0.167.